The minimum absolute atomic E-state index is 0.159. The molecule has 0 aliphatic carbocycles. The topological polar surface area (TPSA) is 172 Å². The van der Waals surface area contributed by atoms with Gasteiger partial charge in [-0.1, -0.05) is 46.0 Å². The van der Waals surface area contributed by atoms with Gasteiger partial charge >= 0.3 is 25.7 Å². The van der Waals surface area contributed by atoms with Gasteiger partial charge in [0, 0.05) is 12.8 Å². The van der Waals surface area contributed by atoms with Crippen molar-refractivity contribution in [3.63, 3.8) is 0 Å². The molecule has 0 aromatic rings. The van der Waals surface area contributed by atoms with Gasteiger partial charge in [-0.25, -0.2) is 4.57 Å². The number of phosphoric acid groups is 1. The number of hydrogen-bond donors (Lipinski definition) is 3. The van der Waals surface area contributed by atoms with Crippen molar-refractivity contribution in [3.05, 3.63) is 0 Å². The maximum Gasteiger partial charge on any atom is 0.472 e. The summed E-state index contributed by atoms with van der Waals surface area (Å²) < 4.78 is 31.4. The Morgan fingerprint density at radius 2 is 1.48 bits per heavy atom. The predicted molar refractivity (Wildman–Crippen MR) is 111 cm³/mol. The maximum absolute atomic E-state index is 12.1. The van der Waals surface area contributed by atoms with Crippen LogP contribution in [0.3, 0.4) is 0 Å². The molecule has 0 radical (unpaired) electrons. The van der Waals surface area contributed by atoms with E-state index in [9.17, 15) is 23.8 Å². The van der Waals surface area contributed by atoms with E-state index in [1.807, 2.05) is 0 Å². The molecule has 3 unspecified atom stereocenters. The lowest BCUT2D eigenvalue weighted by Gasteiger charge is -2.20. The van der Waals surface area contributed by atoms with Gasteiger partial charge in [0.15, 0.2) is 6.10 Å². The predicted octanol–water partition coefficient (Wildman–Crippen LogP) is 2.54. The van der Waals surface area contributed by atoms with Crippen LogP contribution in [0.5, 0.6) is 0 Å². The van der Waals surface area contributed by atoms with Crippen LogP contribution in [0.4, 0.5) is 0 Å². The first-order valence-electron chi connectivity index (χ1n) is 10.6. The average molecular weight is 469 g/mol. The molecule has 0 fully saturated rings. The minimum atomic E-state index is -4.66. The monoisotopic (exact) mass is 469 g/mol. The summed E-state index contributed by atoms with van der Waals surface area (Å²) in [5.41, 5.74) is 5.20. The summed E-state index contributed by atoms with van der Waals surface area (Å²) >= 11 is 0. The first kappa shape index (κ1) is 29.5. The first-order chi connectivity index (χ1) is 14.6. The molecule has 12 heteroatoms. The molecule has 11 nitrogen and oxygen atoms in total. The van der Waals surface area contributed by atoms with Gasteiger partial charge in [-0.3, -0.25) is 23.4 Å². The quantitative estimate of drug-likeness (QED) is 0.144. The highest BCUT2D eigenvalue weighted by Gasteiger charge is 2.28. The lowest BCUT2D eigenvalue weighted by Crippen LogP contribution is -2.34. The Labute approximate surface area is 183 Å². The summed E-state index contributed by atoms with van der Waals surface area (Å²) in [6.45, 7) is 2.22. The lowest BCUT2D eigenvalue weighted by molar-refractivity contribution is -0.161. The Kier molecular flexibility index (Phi) is 16.2. The van der Waals surface area contributed by atoms with Crippen molar-refractivity contribution in [2.45, 2.75) is 83.8 Å². The Hall–Kier alpha value is -1.52. The fourth-order valence-corrected chi connectivity index (χ4v) is 3.11. The number of unbranched alkanes of at least 4 members (excludes halogenated alkanes) is 5. The van der Waals surface area contributed by atoms with Crippen LogP contribution in [0.15, 0.2) is 0 Å². The number of phosphoric ester groups is 1. The zero-order chi connectivity index (χ0) is 23.7. The van der Waals surface area contributed by atoms with E-state index in [0.717, 1.165) is 32.1 Å². The number of aliphatic carboxylic acids is 1. The number of rotatable bonds is 19. The van der Waals surface area contributed by atoms with Gasteiger partial charge in [0.25, 0.3) is 0 Å². The third-order valence-electron chi connectivity index (χ3n) is 4.07. The second kappa shape index (κ2) is 17.1. The van der Waals surface area contributed by atoms with Gasteiger partial charge in [0.2, 0.25) is 0 Å². The van der Waals surface area contributed by atoms with Gasteiger partial charge in [0.05, 0.1) is 13.2 Å². The molecular formula is C19H36NO10P. The van der Waals surface area contributed by atoms with Crippen LogP contribution in [0.1, 0.15) is 71.6 Å². The molecule has 0 aromatic carbocycles. The number of nitrogens with two attached hydrogens (primary N) is 1. The highest BCUT2D eigenvalue weighted by Crippen LogP contribution is 2.43. The summed E-state index contributed by atoms with van der Waals surface area (Å²) in [6, 6.07) is -1.51. The van der Waals surface area contributed by atoms with Crippen molar-refractivity contribution >= 4 is 25.7 Å². The van der Waals surface area contributed by atoms with E-state index < -0.39 is 51.1 Å². The van der Waals surface area contributed by atoms with E-state index >= 15 is 0 Å². The summed E-state index contributed by atoms with van der Waals surface area (Å²) in [4.78, 5) is 43.9. The third kappa shape index (κ3) is 16.8. The van der Waals surface area contributed by atoms with Crippen molar-refractivity contribution in [1.29, 1.82) is 0 Å². The third-order valence-corrected chi connectivity index (χ3v) is 5.03. The van der Waals surface area contributed by atoms with Crippen molar-refractivity contribution in [2.24, 2.45) is 5.73 Å². The molecular weight excluding hydrogens is 433 g/mol. The largest absolute Gasteiger partial charge is 0.480 e. The number of ether oxygens (including phenoxy) is 2. The molecule has 0 heterocycles. The molecule has 0 spiro atoms. The molecule has 0 saturated heterocycles. The van der Waals surface area contributed by atoms with Gasteiger partial charge in [-0.2, -0.15) is 0 Å². The molecule has 31 heavy (non-hydrogen) atoms. The summed E-state index contributed by atoms with van der Waals surface area (Å²) in [7, 11) is -4.66. The van der Waals surface area contributed by atoms with Crippen molar-refractivity contribution in [2.75, 3.05) is 19.8 Å². The van der Waals surface area contributed by atoms with Gasteiger partial charge in [0.1, 0.15) is 12.6 Å². The second-order valence-corrected chi connectivity index (χ2v) is 8.52. The van der Waals surface area contributed by atoms with Gasteiger partial charge < -0.3 is 25.2 Å². The molecule has 3 atom stereocenters. The van der Waals surface area contributed by atoms with Crippen LogP contribution in [0.25, 0.3) is 0 Å². The Morgan fingerprint density at radius 1 is 0.871 bits per heavy atom. The number of carboxylic acid groups (broad SMARTS) is 1. The van der Waals surface area contributed by atoms with Crippen molar-refractivity contribution in [3.8, 4) is 0 Å². The van der Waals surface area contributed by atoms with E-state index in [-0.39, 0.29) is 19.4 Å². The van der Waals surface area contributed by atoms with Crippen molar-refractivity contribution < 1.29 is 47.5 Å². The van der Waals surface area contributed by atoms with Gasteiger partial charge in [-0.15, -0.1) is 0 Å². The molecule has 0 aliphatic heterocycles. The summed E-state index contributed by atoms with van der Waals surface area (Å²) in [5, 5.41) is 8.67. The lowest BCUT2D eigenvalue weighted by atomic mass is 10.1. The zero-order valence-electron chi connectivity index (χ0n) is 18.3. The van der Waals surface area contributed by atoms with Crippen LogP contribution in [-0.4, -0.2) is 59.9 Å². The van der Waals surface area contributed by atoms with Gasteiger partial charge in [-0.05, 0) is 12.8 Å². The highest BCUT2D eigenvalue weighted by atomic mass is 31.2. The fourth-order valence-electron chi connectivity index (χ4n) is 2.33. The molecule has 0 rings (SSSR count). The molecule has 0 saturated carbocycles. The minimum Gasteiger partial charge on any atom is -0.480 e. The van der Waals surface area contributed by atoms with Crippen LogP contribution in [0, 0.1) is 0 Å². The normalized spacial score (nSPS) is 15.0. The van der Waals surface area contributed by atoms with Crippen LogP contribution in [-0.2, 0) is 37.5 Å². The van der Waals surface area contributed by atoms with E-state index in [2.05, 4.69) is 11.4 Å². The van der Waals surface area contributed by atoms with Crippen LogP contribution >= 0.6 is 7.82 Å². The number of carbonyl (C=O) groups is 3. The molecule has 182 valence electrons. The smallest absolute Gasteiger partial charge is 0.472 e. The molecule has 0 aliphatic rings. The highest BCUT2D eigenvalue weighted by molar-refractivity contribution is 7.47. The van der Waals surface area contributed by atoms with Crippen LogP contribution in [0.2, 0.25) is 0 Å². The Balaban J connectivity index is 4.60. The number of hydrogen-bond acceptors (Lipinski definition) is 9. The zero-order valence-corrected chi connectivity index (χ0v) is 19.2. The first-order valence-corrected chi connectivity index (χ1v) is 12.1. The SMILES string of the molecule is CCCCCCCCC(=O)OC(COC(=O)CCC)COP(=O)(O)OCC(N)C(=O)O. The fraction of sp³-hybridized carbons (Fsp3) is 0.842. The summed E-state index contributed by atoms with van der Waals surface area (Å²) in [5.74, 6) is -2.46. The van der Waals surface area contributed by atoms with E-state index in [4.69, 9.17) is 24.8 Å². The number of carboxylic acids is 1. The standard InChI is InChI=1S/C19H36NO10P/c1-3-5-6-7-8-9-11-18(22)30-15(12-27-17(21)10-4-2)13-28-31(25,26)29-14-16(20)19(23)24/h15-16H,3-14,20H2,1-2H3,(H,23,24)(H,25,26). The Morgan fingerprint density at radius 3 is 2.10 bits per heavy atom. The van der Waals surface area contributed by atoms with E-state index in [1.165, 1.54) is 0 Å². The summed E-state index contributed by atoms with van der Waals surface area (Å²) in [6.07, 6.45) is 5.70. The van der Waals surface area contributed by atoms with Crippen LogP contribution < -0.4 is 5.73 Å². The average Bonchev–Trinajstić information content (AvgIpc) is 2.71. The molecule has 0 amide bonds. The van der Waals surface area contributed by atoms with Crippen molar-refractivity contribution in [1.82, 2.24) is 0 Å². The Bertz CT molecular complexity index is 586. The molecule has 0 bridgehead atoms. The second-order valence-electron chi connectivity index (χ2n) is 7.07. The van der Waals surface area contributed by atoms with E-state index in [1.54, 1.807) is 6.92 Å². The number of carbonyl (C=O) groups excluding carboxylic acids is 2. The maximum atomic E-state index is 12.1. The molecule has 4 N–H and O–H groups in total. The van der Waals surface area contributed by atoms with E-state index in [0.29, 0.717) is 12.8 Å². The number of esters is 2. The molecule has 0 aromatic heterocycles.